The van der Waals surface area contributed by atoms with Gasteiger partial charge in [-0.2, -0.15) is 0 Å². The minimum Gasteiger partial charge on any atom is -0.311 e. The van der Waals surface area contributed by atoms with Crippen LogP contribution in [0.25, 0.3) is 11.0 Å². The van der Waals surface area contributed by atoms with Crippen LogP contribution in [0.1, 0.15) is 48.5 Å². The number of nitro benzene ring substituents is 1. The van der Waals surface area contributed by atoms with E-state index in [1.807, 2.05) is 24.3 Å². The van der Waals surface area contributed by atoms with Crippen molar-refractivity contribution >= 4 is 40.3 Å². The van der Waals surface area contributed by atoms with Crippen molar-refractivity contribution in [1.82, 2.24) is 24.3 Å². The number of amides is 1. The number of hydrogen-bond acceptors (Lipinski definition) is 7. The van der Waals surface area contributed by atoms with Crippen LogP contribution in [-0.2, 0) is 7.05 Å². The Hall–Kier alpha value is -3.73. The molecule has 0 radical (unpaired) electrons. The van der Waals surface area contributed by atoms with Gasteiger partial charge in [0.2, 0.25) is 5.95 Å². The maximum absolute atomic E-state index is 13.2. The third kappa shape index (κ3) is 4.26. The molecule has 1 amide bonds. The van der Waals surface area contributed by atoms with E-state index in [2.05, 4.69) is 25.1 Å². The summed E-state index contributed by atoms with van der Waals surface area (Å²) < 4.78 is 3.78. The topological polar surface area (TPSA) is 121 Å². The maximum Gasteiger partial charge on any atom is 0.284 e. The largest absolute Gasteiger partial charge is 0.311 e. The van der Waals surface area contributed by atoms with Crippen molar-refractivity contribution in [2.75, 3.05) is 5.32 Å². The number of aryl methyl sites for hydroxylation is 1. The fourth-order valence-corrected chi connectivity index (χ4v) is 5.22. The number of nitrogens with one attached hydrogen (secondary N) is 1. The van der Waals surface area contributed by atoms with E-state index >= 15 is 0 Å². The standard InChI is InChI=1S/C23H23N7O3S/c1-28-14-24-27-23(28)34-20-12-11-15(13-19(20)30(32)33)21(31)26-22-25-17-9-5-6-10-18(17)29(22)16-7-3-2-4-8-16/h5-6,9-14,16H,2-4,7-8H2,1H3,(H,25,26,31). The second kappa shape index (κ2) is 9.26. The molecule has 5 rings (SSSR count). The van der Waals surface area contributed by atoms with E-state index in [0.717, 1.165) is 48.5 Å². The van der Waals surface area contributed by atoms with E-state index in [1.165, 1.54) is 18.8 Å². The van der Waals surface area contributed by atoms with Gasteiger partial charge in [-0.25, -0.2) is 4.98 Å². The summed E-state index contributed by atoms with van der Waals surface area (Å²) in [5.41, 5.74) is 1.81. The maximum atomic E-state index is 13.2. The Balaban J connectivity index is 1.46. The fraction of sp³-hybridized carbons (Fsp3) is 0.304. The molecule has 2 heterocycles. The Morgan fingerprint density at radius 2 is 1.97 bits per heavy atom. The van der Waals surface area contributed by atoms with Crippen LogP contribution in [0.3, 0.4) is 0 Å². The molecule has 1 aliphatic rings. The summed E-state index contributed by atoms with van der Waals surface area (Å²) in [4.78, 5) is 29.5. The third-order valence-electron chi connectivity index (χ3n) is 6.05. The molecular weight excluding hydrogens is 454 g/mol. The molecule has 1 fully saturated rings. The molecule has 2 aromatic heterocycles. The highest BCUT2D eigenvalue weighted by molar-refractivity contribution is 7.99. The zero-order valence-corrected chi connectivity index (χ0v) is 19.4. The molecule has 0 saturated heterocycles. The van der Waals surface area contributed by atoms with Crippen molar-refractivity contribution < 1.29 is 9.72 Å². The van der Waals surface area contributed by atoms with Gasteiger partial charge in [-0.05, 0) is 48.9 Å². The molecule has 174 valence electrons. The van der Waals surface area contributed by atoms with Gasteiger partial charge in [0.15, 0.2) is 5.16 Å². The number of fused-ring (bicyclic) bond motifs is 1. The van der Waals surface area contributed by atoms with Gasteiger partial charge in [-0.15, -0.1) is 10.2 Å². The molecule has 0 aliphatic heterocycles. The zero-order valence-electron chi connectivity index (χ0n) is 18.5. The number of nitrogens with zero attached hydrogens (tertiary/aromatic N) is 6. The average Bonchev–Trinajstić information content (AvgIpc) is 3.42. The van der Waals surface area contributed by atoms with E-state index in [-0.39, 0.29) is 17.3 Å². The number of carbonyl (C=O) groups excluding carboxylic acids is 1. The number of imidazole rings is 1. The lowest BCUT2D eigenvalue weighted by Gasteiger charge is -2.25. The van der Waals surface area contributed by atoms with Crippen molar-refractivity contribution in [3.8, 4) is 0 Å². The highest BCUT2D eigenvalue weighted by Crippen LogP contribution is 2.36. The number of carbonyl (C=O) groups is 1. The Labute approximate surface area is 199 Å². The van der Waals surface area contributed by atoms with Gasteiger partial charge in [0.1, 0.15) is 6.33 Å². The van der Waals surface area contributed by atoms with E-state index in [1.54, 1.807) is 23.7 Å². The Morgan fingerprint density at radius 1 is 1.18 bits per heavy atom. The van der Waals surface area contributed by atoms with Crippen LogP contribution in [0, 0.1) is 10.1 Å². The smallest absolute Gasteiger partial charge is 0.284 e. The second-order valence-corrected chi connectivity index (χ2v) is 9.32. The van der Waals surface area contributed by atoms with Crippen molar-refractivity contribution in [3.63, 3.8) is 0 Å². The Bertz CT molecular complexity index is 1370. The number of aromatic nitrogens is 5. The van der Waals surface area contributed by atoms with Crippen LogP contribution in [0.4, 0.5) is 11.6 Å². The quantitative estimate of drug-likeness (QED) is 0.307. The molecule has 1 saturated carbocycles. The number of hydrogen-bond donors (Lipinski definition) is 1. The van der Waals surface area contributed by atoms with Gasteiger partial charge in [0.25, 0.3) is 11.6 Å². The summed E-state index contributed by atoms with van der Waals surface area (Å²) in [6, 6.07) is 12.5. The van der Waals surface area contributed by atoms with Crippen molar-refractivity contribution in [2.24, 2.45) is 7.05 Å². The summed E-state index contributed by atoms with van der Waals surface area (Å²) in [7, 11) is 1.76. The van der Waals surface area contributed by atoms with E-state index in [0.29, 0.717) is 16.0 Å². The lowest BCUT2D eigenvalue weighted by Crippen LogP contribution is -2.20. The normalized spacial score (nSPS) is 14.4. The summed E-state index contributed by atoms with van der Waals surface area (Å²) >= 11 is 1.12. The molecule has 0 spiro atoms. The minimum absolute atomic E-state index is 0.165. The first kappa shape index (κ1) is 22.1. The van der Waals surface area contributed by atoms with Crippen LogP contribution in [0.2, 0.25) is 0 Å². The first-order chi connectivity index (χ1) is 16.5. The van der Waals surface area contributed by atoms with E-state index < -0.39 is 10.8 Å². The van der Waals surface area contributed by atoms with Crippen LogP contribution in [0.15, 0.2) is 58.8 Å². The predicted molar refractivity (Wildman–Crippen MR) is 128 cm³/mol. The fourth-order valence-electron chi connectivity index (χ4n) is 4.37. The molecule has 1 N–H and O–H groups in total. The van der Waals surface area contributed by atoms with Gasteiger partial charge in [-0.3, -0.25) is 20.2 Å². The van der Waals surface area contributed by atoms with Gasteiger partial charge < -0.3 is 9.13 Å². The van der Waals surface area contributed by atoms with Crippen LogP contribution < -0.4 is 5.32 Å². The van der Waals surface area contributed by atoms with Crippen molar-refractivity contribution in [2.45, 2.75) is 48.2 Å². The van der Waals surface area contributed by atoms with Gasteiger partial charge in [-0.1, -0.05) is 31.4 Å². The van der Waals surface area contributed by atoms with E-state index in [9.17, 15) is 14.9 Å². The Morgan fingerprint density at radius 3 is 2.71 bits per heavy atom. The van der Waals surface area contributed by atoms with Gasteiger partial charge in [0.05, 0.1) is 20.9 Å². The minimum atomic E-state index is -0.493. The van der Waals surface area contributed by atoms with Gasteiger partial charge >= 0.3 is 0 Å². The molecule has 11 heteroatoms. The molecule has 0 atom stereocenters. The number of para-hydroxylation sites is 2. The number of anilines is 1. The first-order valence-corrected chi connectivity index (χ1v) is 11.9. The van der Waals surface area contributed by atoms with Crippen molar-refractivity contribution in [3.05, 3.63) is 64.5 Å². The molecular formula is C23H23N7O3S. The van der Waals surface area contributed by atoms with Crippen LogP contribution >= 0.6 is 11.8 Å². The molecule has 2 aromatic carbocycles. The molecule has 34 heavy (non-hydrogen) atoms. The lowest BCUT2D eigenvalue weighted by molar-refractivity contribution is -0.387. The SMILES string of the molecule is Cn1cnnc1Sc1ccc(C(=O)Nc2nc3ccccc3n2C2CCCCC2)cc1[N+](=O)[O-]. The summed E-state index contributed by atoms with van der Waals surface area (Å²) in [5.74, 6) is 0.0314. The number of benzene rings is 2. The monoisotopic (exact) mass is 477 g/mol. The summed E-state index contributed by atoms with van der Waals surface area (Å²) in [6.07, 6.45) is 7.08. The highest BCUT2D eigenvalue weighted by Gasteiger charge is 2.24. The zero-order chi connectivity index (χ0) is 23.7. The number of rotatable bonds is 6. The van der Waals surface area contributed by atoms with Gasteiger partial charge in [0, 0.05) is 24.7 Å². The number of nitro groups is 1. The van der Waals surface area contributed by atoms with Crippen LogP contribution in [0.5, 0.6) is 0 Å². The molecule has 0 unspecified atom stereocenters. The second-order valence-electron chi connectivity index (χ2n) is 8.31. The molecule has 4 aromatic rings. The molecule has 1 aliphatic carbocycles. The Kier molecular flexibility index (Phi) is 6.01. The van der Waals surface area contributed by atoms with Crippen molar-refractivity contribution in [1.29, 1.82) is 0 Å². The molecule has 0 bridgehead atoms. The summed E-state index contributed by atoms with van der Waals surface area (Å²) in [5, 5.41) is 22.9. The third-order valence-corrected chi connectivity index (χ3v) is 7.17. The van der Waals surface area contributed by atoms with Crippen LogP contribution in [-0.4, -0.2) is 35.1 Å². The predicted octanol–water partition coefficient (Wildman–Crippen LogP) is 4.98. The molecule has 10 nitrogen and oxygen atoms in total. The first-order valence-electron chi connectivity index (χ1n) is 11.1. The lowest BCUT2D eigenvalue weighted by atomic mass is 9.95. The van der Waals surface area contributed by atoms with E-state index in [4.69, 9.17) is 0 Å². The highest BCUT2D eigenvalue weighted by atomic mass is 32.2. The summed E-state index contributed by atoms with van der Waals surface area (Å²) in [6.45, 7) is 0. The average molecular weight is 478 g/mol.